The van der Waals surface area contributed by atoms with Gasteiger partial charge in [0.2, 0.25) is 0 Å². The molecule has 0 amide bonds. The van der Waals surface area contributed by atoms with Gasteiger partial charge in [0.05, 0.1) is 12.6 Å². The van der Waals surface area contributed by atoms with Gasteiger partial charge in [-0.3, -0.25) is 9.88 Å². The second-order valence-corrected chi connectivity index (χ2v) is 9.44. The first-order valence-electron chi connectivity index (χ1n) is 12.6. The minimum absolute atomic E-state index is 0.148. The number of phenols is 1. The number of rotatable bonds is 5. The quantitative estimate of drug-likeness (QED) is 0.289. The van der Waals surface area contributed by atoms with E-state index in [1.54, 1.807) is 26.2 Å². The van der Waals surface area contributed by atoms with E-state index >= 15 is 0 Å². The van der Waals surface area contributed by atoms with Gasteiger partial charge < -0.3 is 14.3 Å². The number of phenolic OH excluding ortho intramolecular Hbond substituents is 1. The minimum atomic E-state index is -0.452. The fourth-order valence-corrected chi connectivity index (χ4v) is 5.70. The molecule has 0 fully saturated rings. The summed E-state index contributed by atoms with van der Waals surface area (Å²) in [6.45, 7) is 5.32. The summed E-state index contributed by atoms with van der Waals surface area (Å²) in [6.07, 6.45) is 4.43. The molecule has 0 saturated heterocycles. The Hall–Kier alpha value is -4.16. The van der Waals surface area contributed by atoms with Crippen LogP contribution in [0.3, 0.4) is 0 Å². The molecular formula is C31H28N2O4. The van der Waals surface area contributed by atoms with Crippen LogP contribution in [0.4, 0.5) is 0 Å². The maximum absolute atomic E-state index is 13.3. The first kappa shape index (κ1) is 23.3. The van der Waals surface area contributed by atoms with Crippen molar-refractivity contribution in [3.05, 3.63) is 107 Å². The van der Waals surface area contributed by atoms with E-state index in [0.717, 1.165) is 23.9 Å². The van der Waals surface area contributed by atoms with Gasteiger partial charge >= 0.3 is 5.97 Å². The van der Waals surface area contributed by atoms with Crippen LogP contribution in [0.15, 0.2) is 77.5 Å². The van der Waals surface area contributed by atoms with E-state index in [0.29, 0.717) is 39.8 Å². The van der Waals surface area contributed by atoms with Crippen molar-refractivity contribution in [2.45, 2.75) is 32.9 Å². The zero-order valence-corrected chi connectivity index (χ0v) is 20.9. The van der Waals surface area contributed by atoms with E-state index in [2.05, 4.69) is 34.1 Å². The maximum atomic E-state index is 13.3. The summed E-state index contributed by atoms with van der Waals surface area (Å²) < 4.78 is 11.7. The Kier molecular flexibility index (Phi) is 5.89. The number of fused-ring (bicyclic) bond motifs is 4. The molecule has 2 aromatic heterocycles. The molecular weight excluding hydrogens is 464 g/mol. The summed E-state index contributed by atoms with van der Waals surface area (Å²) in [7, 11) is 0. The van der Waals surface area contributed by atoms with Crippen LogP contribution in [0.2, 0.25) is 0 Å². The Balaban J connectivity index is 1.68. The number of pyridine rings is 1. The van der Waals surface area contributed by atoms with Gasteiger partial charge in [0.1, 0.15) is 22.7 Å². The molecule has 186 valence electrons. The molecule has 1 aliphatic heterocycles. The zero-order chi connectivity index (χ0) is 25.5. The van der Waals surface area contributed by atoms with Gasteiger partial charge in [-0.15, -0.1) is 0 Å². The third-order valence-electron chi connectivity index (χ3n) is 7.34. The molecule has 5 aromatic rings. The summed E-state index contributed by atoms with van der Waals surface area (Å²) in [4.78, 5) is 19.8. The number of hydrogen-bond donors (Lipinski definition) is 1. The Morgan fingerprint density at radius 2 is 1.76 bits per heavy atom. The van der Waals surface area contributed by atoms with Crippen LogP contribution < -0.4 is 0 Å². The van der Waals surface area contributed by atoms with Gasteiger partial charge in [-0.25, -0.2) is 4.79 Å². The molecule has 1 unspecified atom stereocenters. The van der Waals surface area contributed by atoms with Crippen LogP contribution in [0.25, 0.3) is 21.7 Å². The smallest absolute Gasteiger partial charge is 0.342 e. The highest BCUT2D eigenvalue weighted by atomic mass is 16.5. The lowest BCUT2D eigenvalue weighted by atomic mass is 9.87. The Bertz CT molecular complexity index is 1620. The van der Waals surface area contributed by atoms with Gasteiger partial charge in [-0.05, 0) is 49.1 Å². The number of benzene rings is 3. The number of carbonyl (C=O) groups excluding carboxylic acids is 1. The highest BCUT2D eigenvalue weighted by molar-refractivity contribution is 6.16. The first-order chi connectivity index (χ1) is 18.1. The van der Waals surface area contributed by atoms with Crippen molar-refractivity contribution in [3.63, 3.8) is 0 Å². The average Bonchev–Trinajstić information content (AvgIpc) is 3.28. The molecule has 37 heavy (non-hydrogen) atoms. The molecule has 0 spiro atoms. The van der Waals surface area contributed by atoms with Crippen LogP contribution in [0.1, 0.15) is 51.3 Å². The van der Waals surface area contributed by atoms with Crippen molar-refractivity contribution in [3.8, 4) is 5.75 Å². The van der Waals surface area contributed by atoms with Gasteiger partial charge in [0, 0.05) is 47.2 Å². The second-order valence-electron chi connectivity index (χ2n) is 9.44. The van der Waals surface area contributed by atoms with Crippen LogP contribution in [-0.2, 0) is 17.7 Å². The fourth-order valence-electron chi connectivity index (χ4n) is 5.70. The largest absolute Gasteiger partial charge is 0.507 e. The molecule has 3 aromatic carbocycles. The summed E-state index contributed by atoms with van der Waals surface area (Å²) in [5.74, 6) is 0.171. The molecule has 0 saturated carbocycles. The standard InChI is InChI=1S/C31H28N2O4/c1-3-36-31(35)25-19(2)37-30-24-11-7-6-10-23(24)29(34)27(26(25)30)28(21-12-15-32-16-13-21)33-17-14-20-8-4-5-9-22(20)18-33/h4-13,15-16,28,34H,3,14,17-18H2,1-2H3. The van der Waals surface area contributed by atoms with Crippen molar-refractivity contribution in [1.82, 2.24) is 9.88 Å². The van der Waals surface area contributed by atoms with Gasteiger partial charge in [-0.2, -0.15) is 0 Å². The van der Waals surface area contributed by atoms with E-state index in [1.807, 2.05) is 36.4 Å². The molecule has 1 aliphatic rings. The number of aromatic hydroxyl groups is 1. The van der Waals surface area contributed by atoms with Crippen LogP contribution in [0.5, 0.6) is 5.75 Å². The number of furan rings is 1. The molecule has 0 bridgehead atoms. The molecule has 6 rings (SSSR count). The summed E-state index contributed by atoms with van der Waals surface area (Å²) in [6, 6.07) is 19.7. The maximum Gasteiger partial charge on any atom is 0.342 e. The van der Waals surface area contributed by atoms with Gasteiger partial charge in [0.15, 0.2) is 0 Å². The van der Waals surface area contributed by atoms with Gasteiger partial charge in [-0.1, -0.05) is 48.5 Å². The van der Waals surface area contributed by atoms with Crippen molar-refractivity contribution >= 4 is 27.7 Å². The molecule has 0 aliphatic carbocycles. The Labute approximate surface area is 215 Å². The zero-order valence-electron chi connectivity index (χ0n) is 20.9. The number of nitrogens with zero attached hydrogens (tertiary/aromatic N) is 2. The number of aromatic nitrogens is 1. The van der Waals surface area contributed by atoms with E-state index in [1.165, 1.54) is 11.1 Å². The SMILES string of the molecule is CCOC(=O)c1c(C)oc2c1c(C(c1ccncc1)N1CCc3ccccc3C1)c(O)c1ccccc12. The van der Waals surface area contributed by atoms with Crippen molar-refractivity contribution < 1.29 is 19.1 Å². The lowest BCUT2D eigenvalue weighted by Crippen LogP contribution is -2.35. The third-order valence-corrected chi connectivity index (χ3v) is 7.34. The molecule has 3 heterocycles. The average molecular weight is 493 g/mol. The van der Waals surface area contributed by atoms with Crippen LogP contribution >= 0.6 is 0 Å². The van der Waals surface area contributed by atoms with E-state index < -0.39 is 5.97 Å². The van der Waals surface area contributed by atoms with Crippen molar-refractivity contribution in [2.24, 2.45) is 0 Å². The summed E-state index contributed by atoms with van der Waals surface area (Å²) in [5, 5.41) is 14.0. The van der Waals surface area contributed by atoms with E-state index in [4.69, 9.17) is 9.15 Å². The molecule has 1 atom stereocenters. The van der Waals surface area contributed by atoms with E-state index in [-0.39, 0.29) is 18.4 Å². The number of ether oxygens (including phenoxy) is 1. The second kappa shape index (κ2) is 9.37. The minimum Gasteiger partial charge on any atom is -0.507 e. The summed E-state index contributed by atoms with van der Waals surface area (Å²) >= 11 is 0. The molecule has 0 radical (unpaired) electrons. The molecule has 6 heteroatoms. The highest BCUT2D eigenvalue weighted by Crippen LogP contribution is 2.48. The van der Waals surface area contributed by atoms with Crippen LogP contribution in [-0.4, -0.2) is 34.1 Å². The predicted octanol–water partition coefficient (Wildman–Crippen LogP) is 6.32. The summed E-state index contributed by atoms with van der Waals surface area (Å²) in [5.41, 5.74) is 5.18. The van der Waals surface area contributed by atoms with Crippen molar-refractivity contribution in [2.75, 3.05) is 13.2 Å². The lowest BCUT2D eigenvalue weighted by Gasteiger charge is -2.37. The van der Waals surface area contributed by atoms with Crippen LogP contribution in [0, 0.1) is 6.92 Å². The third kappa shape index (κ3) is 3.85. The highest BCUT2D eigenvalue weighted by Gasteiger charge is 2.34. The van der Waals surface area contributed by atoms with E-state index in [9.17, 15) is 9.90 Å². The number of hydrogen-bond acceptors (Lipinski definition) is 6. The van der Waals surface area contributed by atoms with Gasteiger partial charge in [0.25, 0.3) is 0 Å². The lowest BCUT2D eigenvalue weighted by molar-refractivity contribution is 0.0526. The van der Waals surface area contributed by atoms with Crippen molar-refractivity contribution in [1.29, 1.82) is 0 Å². The Morgan fingerprint density at radius 3 is 2.51 bits per heavy atom. The molecule has 1 N–H and O–H groups in total. The number of carbonyl (C=O) groups is 1. The fraction of sp³-hybridized carbons (Fsp3) is 0.226. The predicted molar refractivity (Wildman–Crippen MR) is 143 cm³/mol. The molecule has 6 nitrogen and oxygen atoms in total. The topological polar surface area (TPSA) is 75.8 Å². The normalized spacial score (nSPS) is 14.5. The number of esters is 1. The first-order valence-corrected chi connectivity index (χ1v) is 12.6. The monoisotopic (exact) mass is 492 g/mol. The number of aryl methyl sites for hydroxylation is 1. The Morgan fingerprint density at radius 1 is 1.05 bits per heavy atom.